The highest BCUT2D eigenvalue weighted by Crippen LogP contribution is 2.71. The quantitative estimate of drug-likeness (QED) is 0.780. The van der Waals surface area contributed by atoms with Crippen molar-refractivity contribution < 1.29 is 10.2 Å². The predicted octanol–water partition coefficient (Wildman–Crippen LogP) is 3.36. The van der Waals surface area contributed by atoms with E-state index in [-0.39, 0.29) is 0 Å². The van der Waals surface area contributed by atoms with Gasteiger partial charge in [0, 0.05) is 0 Å². The van der Waals surface area contributed by atoms with Crippen LogP contribution in [0.3, 0.4) is 0 Å². The fraction of sp³-hybridized carbons (Fsp3) is 1.00. The SMILES string of the molecule is O[C@]1([C@]2(O)C[C@@H]3CC[C@H]4CC[C@@H]2[C@H]43)C[C@@H]2CC[C@@H]3CC[C@@H]1[C@@H]32. The Morgan fingerprint density at radius 3 is 1.32 bits per heavy atom. The standard InChI is InChI=1S/C20H30O2/c21-19(9-13-3-1-11-5-7-15(19)17(11)13)20(22)10-14-4-2-12-6-8-16(20)18(12)14/h11-18,21-22H,1-10H2/t11-,12+,13-,14-,15+,16+,17+,18-,19-,20+/m0/s1. The highest BCUT2D eigenvalue weighted by atomic mass is 16.4. The van der Waals surface area contributed by atoms with Crippen LogP contribution in [0.25, 0.3) is 0 Å². The molecule has 6 aliphatic rings. The second-order valence-electron chi connectivity index (χ2n) is 9.97. The van der Waals surface area contributed by atoms with E-state index in [1.54, 1.807) is 0 Å². The smallest absolute Gasteiger partial charge is 0.0969 e. The van der Waals surface area contributed by atoms with E-state index in [0.717, 1.165) is 48.3 Å². The van der Waals surface area contributed by atoms with Crippen molar-refractivity contribution in [1.29, 1.82) is 0 Å². The predicted molar refractivity (Wildman–Crippen MR) is 84.0 cm³/mol. The van der Waals surface area contributed by atoms with Gasteiger partial charge in [0.05, 0.1) is 11.2 Å². The van der Waals surface area contributed by atoms with Crippen molar-refractivity contribution in [3.8, 4) is 0 Å². The molecule has 0 aromatic rings. The fourth-order valence-electron chi connectivity index (χ4n) is 9.24. The molecule has 6 fully saturated rings. The van der Waals surface area contributed by atoms with Gasteiger partial charge in [0.25, 0.3) is 0 Å². The molecule has 0 bridgehead atoms. The number of rotatable bonds is 1. The van der Waals surface area contributed by atoms with Gasteiger partial charge in [0.2, 0.25) is 0 Å². The molecule has 10 atom stereocenters. The molecule has 0 heterocycles. The molecular formula is C20H30O2. The van der Waals surface area contributed by atoms with Gasteiger partial charge >= 0.3 is 0 Å². The third-order valence-corrected chi connectivity index (χ3v) is 9.74. The van der Waals surface area contributed by atoms with Gasteiger partial charge < -0.3 is 10.2 Å². The zero-order chi connectivity index (χ0) is 14.7. The lowest BCUT2D eigenvalue weighted by molar-refractivity contribution is -0.194. The third kappa shape index (κ3) is 1.27. The van der Waals surface area contributed by atoms with Gasteiger partial charge in [-0.25, -0.2) is 0 Å². The van der Waals surface area contributed by atoms with Crippen LogP contribution >= 0.6 is 0 Å². The van der Waals surface area contributed by atoms with Crippen molar-refractivity contribution in [3.63, 3.8) is 0 Å². The maximum atomic E-state index is 11.9. The molecule has 0 radical (unpaired) electrons. The van der Waals surface area contributed by atoms with E-state index < -0.39 is 11.2 Å². The zero-order valence-electron chi connectivity index (χ0n) is 13.6. The molecule has 122 valence electrons. The van der Waals surface area contributed by atoms with E-state index >= 15 is 0 Å². The molecule has 0 saturated heterocycles. The lowest BCUT2D eigenvalue weighted by atomic mass is 9.67. The molecule has 0 aromatic heterocycles. The monoisotopic (exact) mass is 302 g/mol. The third-order valence-electron chi connectivity index (χ3n) is 9.74. The van der Waals surface area contributed by atoms with Crippen LogP contribution in [-0.4, -0.2) is 21.4 Å². The van der Waals surface area contributed by atoms with Gasteiger partial charge in [-0.15, -0.1) is 0 Å². The summed E-state index contributed by atoms with van der Waals surface area (Å²) >= 11 is 0. The maximum absolute atomic E-state index is 11.9. The summed E-state index contributed by atoms with van der Waals surface area (Å²) in [6.45, 7) is 0. The largest absolute Gasteiger partial charge is 0.387 e. The highest BCUT2D eigenvalue weighted by molar-refractivity contribution is 5.23. The highest BCUT2D eigenvalue weighted by Gasteiger charge is 2.73. The second-order valence-corrected chi connectivity index (χ2v) is 9.97. The maximum Gasteiger partial charge on any atom is 0.0969 e. The Hall–Kier alpha value is -0.0800. The van der Waals surface area contributed by atoms with Crippen LogP contribution in [0, 0.1) is 47.3 Å². The van der Waals surface area contributed by atoms with Crippen molar-refractivity contribution in [2.75, 3.05) is 0 Å². The Kier molecular flexibility index (Phi) is 2.37. The van der Waals surface area contributed by atoms with Crippen LogP contribution in [0.1, 0.15) is 64.2 Å². The summed E-state index contributed by atoms with van der Waals surface area (Å²) in [5.74, 6) is 5.57. The number of aliphatic hydroxyl groups is 2. The van der Waals surface area contributed by atoms with Gasteiger partial charge in [-0.3, -0.25) is 0 Å². The average molecular weight is 302 g/mol. The Labute approximate surface area is 133 Å². The van der Waals surface area contributed by atoms with Crippen LogP contribution in [0.15, 0.2) is 0 Å². The first-order valence-corrected chi connectivity index (χ1v) is 10.1. The van der Waals surface area contributed by atoms with Crippen molar-refractivity contribution in [2.24, 2.45) is 47.3 Å². The zero-order valence-corrected chi connectivity index (χ0v) is 13.6. The Morgan fingerprint density at radius 2 is 0.864 bits per heavy atom. The minimum Gasteiger partial charge on any atom is -0.387 e. The van der Waals surface area contributed by atoms with Crippen LogP contribution in [0.2, 0.25) is 0 Å². The van der Waals surface area contributed by atoms with Crippen molar-refractivity contribution in [3.05, 3.63) is 0 Å². The normalized spacial score (nSPS) is 67.9. The summed E-state index contributed by atoms with van der Waals surface area (Å²) in [6, 6.07) is 0. The molecule has 2 heteroatoms. The van der Waals surface area contributed by atoms with E-state index in [0.29, 0.717) is 11.8 Å². The lowest BCUT2D eigenvalue weighted by Gasteiger charge is -2.47. The molecular weight excluding hydrogens is 272 g/mol. The minimum atomic E-state index is -0.735. The van der Waals surface area contributed by atoms with Crippen LogP contribution in [0.4, 0.5) is 0 Å². The van der Waals surface area contributed by atoms with Crippen molar-refractivity contribution in [2.45, 2.75) is 75.4 Å². The van der Waals surface area contributed by atoms with E-state index in [4.69, 9.17) is 0 Å². The fourth-order valence-corrected chi connectivity index (χ4v) is 9.24. The Balaban J connectivity index is 1.41. The minimum absolute atomic E-state index is 0.424. The lowest BCUT2D eigenvalue weighted by Crippen LogP contribution is -2.59. The Bertz CT molecular complexity index is 472. The van der Waals surface area contributed by atoms with Gasteiger partial charge in [-0.05, 0) is 112 Å². The van der Waals surface area contributed by atoms with Gasteiger partial charge in [-0.1, -0.05) is 0 Å². The molecule has 2 N–H and O–H groups in total. The summed E-state index contributed by atoms with van der Waals surface area (Å²) in [5, 5.41) is 23.7. The summed E-state index contributed by atoms with van der Waals surface area (Å²) < 4.78 is 0. The topological polar surface area (TPSA) is 40.5 Å². The van der Waals surface area contributed by atoms with Crippen molar-refractivity contribution >= 4 is 0 Å². The summed E-state index contributed by atoms with van der Waals surface area (Å²) in [7, 11) is 0. The van der Waals surface area contributed by atoms with Gasteiger partial charge in [0.1, 0.15) is 0 Å². The summed E-state index contributed by atoms with van der Waals surface area (Å²) in [4.78, 5) is 0. The van der Waals surface area contributed by atoms with E-state index in [9.17, 15) is 10.2 Å². The molecule has 6 rings (SSSR count). The first-order valence-electron chi connectivity index (χ1n) is 10.1. The van der Waals surface area contributed by atoms with Crippen LogP contribution < -0.4 is 0 Å². The molecule has 6 saturated carbocycles. The summed E-state index contributed by atoms with van der Waals surface area (Å²) in [6.07, 6.45) is 12.3. The molecule has 0 aliphatic heterocycles. The first kappa shape index (κ1) is 13.2. The van der Waals surface area contributed by atoms with Gasteiger partial charge in [0.15, 0.2) is 0 Å². The molecule has 0 spiro atoms. The second kappa shape index (κ2) is 3.94. The van der Waals surface area contributed by atoms with Crippen LogP contribution in [-0.2, 0) is 0 Å². The molecule has 0 aromatic carbocycles. The van der Waals surface area contributed by atoms with Gasteiger partial charge in [-0.2, -0.15) is 0 Å². The van der Waals surface area contributed by atoms with E-state index in [2.05, 4.69) is 0 Å². The van der Waals surface area contributed by atoms with Crippen LogP contribution in [0.5, 0.6) is 0 Å². The molecule has 22 heavy (non-hydrogen) atoms. The Morgan fingerprint density at radius 1 is 0.500 bits per heavy atom. The van der Waals surface area contributed by atoms with E-state index in [1.807, 2.05) is 0 Å². The first-order chi connectivity index (χ1) is 10.6. The van der Waals surface area contributed by atoms with E-state index in [1.165, 1.54) is 51.4 Å². The molecule has 0 amide bonds. The number of hydrogen-bond donors (Lipinski definition) is 2. The molecule has 2 nitrogen and oxygen atoms in total. The molecule has 6 aliphatic carbocycles. The average Bonchev–Trinajstić information content (AvgIpc) is 3.24. The van der Waals surface area contributed by atoms with Crippen molar-refractivity contribution in [1.82, 2.24) is 0 Å². The molecule has 0 unspecified atom stereocenters. The number of hydrogen-bond acceptors (Lipinski definition) is 2. The summed E-state index contributed by atoms with van der Waals surface area (Å²) in [5.41, 5.74) is -1.47.